The van der Waals surface area contributed by atoms with E-state index in [1.807, 2.05) is 37.3 Å². The first-order valence-corrected chi connectivity index (χ1v) is 9.18. The molecule has 0 radical (unpaired) electrons. The summed E-state index contributed by atoms with van der Waals surface area (Å²) in [5.41, 5.74) is 2.71. The van der Waals surface area contributed by atoms with Crippen molar-refractivity contribution < 1.29 is 4.42 Å². The Morgan fingerprint density at radius 1 is 1.15 bits per heavy atom. The van der Waals surface area contributed by atoms with E-state index >= 15 is 0 Å². The second-order valence-corrected chi connectivity index (χ2v) is 6.84. The van der Waals surface area contributed by atoms with Crippen LogP contribution >= 0.6 is 23.4 Å². The highest BCUT2D eigenvalue weighted by Crippen LogP contribution is 2.30. The van der Waals surface area contributed by atoms with Crippen molar-refractivity contribution in [2.24, 2.45) is 0 Å². The monoisotopic (exact) mass is 386 g/mol. The number of aryl methyl sites for hydroxylation is 1. The lowest BCUT2D eigenvalue weighted by Crippen LogP contribution is -2.11. The standard InChI is InChI=1S/C17H15ClN6OS/c1-11-13(15(18)24(22-11)12-6-3-2-4-7-12)10-26-17-21-20-16(23(17)19)14-8-5-9-25-14/h2-9H,10,19H2,1H3. The van der Waals surface area contributed by atoms with Crippen molar-refractivity contribution in [2.45, 2.75) is 17.8 Å². The van der Waals surface area contributed by atoms with Crippen LogP contribution in [0.25, 0.3) is 17.3 Å². The normalized spacial score (nSPS) is 11.2. The molecule has 7 nitrogen and oxygen atoms in total. The third kappa shape index (κ3) is 2.97. The Morgan fingerprint density at radius 3 is 2.69 bits per heavy atom. The van der Waals surface area contributed by atoms with Gasteiger partial charge in [-0.05, 0) is 31.2 Å². The molecule has 1 aromatic carbocycles. The van der Waals surface area contributed by atoms with Crippen molar-refractivity contribution in [3.8, 4) is 17.3 Å². The molecular weight excluding hydrogens is 372 g/mol. The van der Waals surface area contributed by atoms with Crippen molar-refractivity contribution >= 4 is 23.4 Å². The summed E-state index contributed by atoms with van der Waals surface area (Å²) in [7, 11) is 0. The quantitative estimate of drug-likeness (QED) is 0.415. The Balaban J connectivity index is 1.57. The molecule has 4 aromatic rings. The van der Waals surface area contributed by atoms with Gasteiger partial charge in [0.25, 0.3) is 0 Å². The number of nitrogens with two attached hydrogens (primary N) is 1. The zero-order valence-electron chi connectivity index (χ0n) is 13.8. The van der Waals surface area contributed by atoms with Crippen molar-refractivity contribution in [3.05, 3.63) is 65.1 Å². The van der Waals surface area contributed by atoms with Crippen molar-refractivity contribution in [1.82, 2.24) is 24.7 Å². The zero-order chi connectivity index (χ0) is 18.1. The molecule has 4 rings (SSSR count). The van der Waals surface area contributed by atoms with Crippen LogP contribution < -0.4 is 5.84 Å². The van der Waals surface area contributed by atoms with Crippen molar-refractivity contribution in [1.29, 1.82) is 0 Å². The van der Waals surface area contributed by atoms with Crippen LogP contribution in [0.2, 0.25) is 5.15 Å². The first-order valence-electron chi connectivity index (χ1n) is 7.81. The van der Waals surface area contributed by atoms with E-state index in [0.29, 0.717) is 27.6 Å². The second kappa shape index (κ2) is 6.89. The number of rotatable bonds is 5. The lowest BCUT2D eigenvalue weighted by Gasteiger charge is -2.04. The number of benzene rings is 1. The number of hydrogen-bond acceptors (Lipinski definition) is 6. The minimum absolute atomic E-state index is 0.472. The molecule has 0 atom stereocenters. The van der Waals surface area contributed by atoms with E-state index in [9.17, 15) is 0 Å². The molecule has 0 spiro atoms. The maximum absolute atomic E-state index is 6.55. The van der Waals surface area contributed by atoms with Crippen LogP contribution in [0.1, 0.15) is 11.3 Å². The van der Waals surface area contributed by atoms with E-state index in [4.69, 9.17) is 21.9 Å². The Morgan fingerprint density at radius 2 is 1.96 bits per heavy atom. The number of thioether (sulfide) groups is 1. The summed E-state index contributed by atoms with van der Waals surface area (Å²) in [4.78, 5) is 0. The lowest BCUT2D eigenvalue weighted by molar-refractivity contribution is 0.574. The van der Waals surface area contributed by atoms with Gasteiger partial charge in [-0.1, -0.05) is 41.6 Å². The lowest BCUT2D eigenvalue weighted by atomic mass is 10.3. The van der Waals surface area contributed by atoms with Crippen LogP contribution in [-0.4, -0.2) is 24.7 Å². The minimum atomic E-state index is 0.472. The predicted octanol–water partition coefficient (Wildman–Crippen LogP) is 3.69. The minimum Gasteiger partial charge on any atom is -0.461 e. The molecule has 26 heavy (non-hydrogen) atoms. The zero-order valence-corrected chi connectivity index (χ0v) is 15.4. The molecule has 3 heterocycles. The molecule has 0 unspecified atom stereocenters. The molecule has 0 bridgehead atoms. The highest BCUT2D eigenvalue weighted by Gasteiger charge is 2.18. The number of hydrogen-bond donors (Lipinski definition) is 1. The number of nitrogens with zero attached hydrogens (tertiary/aromatic N) is 5. The van der Waals surface area contributed by atoms with E-state index in [2.05, 4.69) is 15.3 Å². The first-order chi connectivity index (χ1) is 12.6. The Labute approximate surface area is 158 Å². The van der Waals surface area contributed by atoms with Crippen LogP contribution in [-0.2, 0) is 5.75 Å². The van der Waals surface area contributed by atoms with Gasteiger partial charge in [0.15, 0.2) is 5.76 Å². The van der Waals surface area contributed by atoms with Gasteiger partial charge in [0.05, 0.1) is 17.6 Å². The van der Waals surface area contributed by atoms with E-state index in [1.165, 1.54) is 16.4 Å². The average Bonchev–Trinajstić information content (AvgIpc) is 3.36. The Bertz CT molecular complexity index is 1030. The summed E-state index contributed by atoms with van der Waals surface area (Å²) in [6.45, 7) is 1.93. The third-order valence-corrected chi connectivity index (χ3v) is 5.23. The summed E-state index contributed by atoms with van der Waals surface area (Å²) in [5.74, 6) is 7.70. The molecule has 2 N–H and O–H groups in total. The van der Waals surface area contributed by atoms with Crippen molar-refractivity contribution in [3.63, 3.8) is 0 Å². The molecular formula is C17H15ClN6OS. The fourth-order valence-electron chi connectivity index (χ4n) is 2.52. The van der Waals surface area contributed by atoms with Gasteiger partial charge in [-0.15, -0.1) is 10.2 Å². The smallest absolute Gasteiger partial charge is 0.218 e. The van der Waals surface area contributed by atoms with Gasteiger partial charge in [0, 0.05) is 11.3 Å². The average molecular weight is 387 g/mol. The molecule has 0 amide bonds. The molecule has 0 saturated carbocycles. The topological polar surface area (TPSA) is 87.7 Å². The summed E-state index contributed by atoms with van der Waals surface area (Å²) in [6, 6.07) is 13.3. The number of para-hydroxylation sites is 1. The number of aromatic nitrogens is 5. The first kappa shape index (κ1) is 16.7. The van der Waals surface area contributed by atoms with Gasteiger partial charge >= 0.3 is 0 Å². The SMILES string of the molecule is Cc1nn(-c2ccccc2)c(Cl)c1CSc1nnc(-c2ccco2)n1N. The van der Waals surface area contributed by atoms with Gasteiger partial charge < -0.3 is 10.3 Å². The summed E-state index contributed by atoms with van der Waals surface area (Å²) < 4.78 is 8.46. The molecule has 9 heteroatoms. The van der Waals surface area contributed by atoms with Gasteiger partial charge in [0.2, 0.25) is 11.0 Å². The van der Waals surface area contributed by atoms with Gasteiger partial charge in [-0.25, -0.2) is 9.36 Å². The van der Waals surface area contributed by atoms with Gasteiger partial charge in [0.1, 0.15) is 5.15 Å². The maximum Gasteiger partial charge on any atom is 0.218 e. The summed E-state index contributed by atoms with van der Waals surface area (Å²) in [5, 5.41) is 13.9. The molecule has 3 aromatic heterocycles. The van der Waals surface area contributed by atoms with E-state index in [-0.39, 0.29) is 0 Å². The Kier molecular flexibility index (Phi) is 4.44. The second-order valence-electron chi connectivity index (χ2n) is 5.54. The highest BCUT2D eigenvalue weighted by atomic mass is 35.5. The maximum atomic E-state index is 6.55. The third-order valence-electron chi connectivity index (χ3n) is 3.87. The van der Waals surface area contributed by atoms with E-state index in [0.717, 1.165) is 16.9 Å². The number of halogens is 1. The van der Waals surface area contributed by atoms with Crippen LogP contribution in [0.3, 0.4) is 0 Å². The van der Waals surface area contributed by atoms with Crippen molar-refractivity contribution in [2.75, 3.05) is 5.84 Å². The molecule has 0 aliphatic rings. The molecule has 132 valence electrons. The molecule has 0 saturated heterocycles. The molecule has 0 aliphatic heterocycles. The van der Waals surface area contributed by atoms with Crippen LogP contribution in [0.15, 0.2) is 58.3 Å². The molecule has 0 aliphatic carbocycles. The van der Waals surface area contributed by atoms with Crippen LogP contribution in [0, 0.1) is 6.92 Å². The van der Waals surface area contributed by atoms with Crippen LogP contribution in [0.4, 0.5) is 0 Å². The van der Waals surface area contributed by atoms with Crippen LogP contribution in [0.5, 0.6) is 0 Å². The number of nitrogen functional groups attached to an aromatic ring is 1. The highest BCUT2D eigenvalue weighted by molar-refractivity contribution is 7.98. The van der Waals surface area contributed by atoms with Gasteiger partial charge in [-0.2, -0.15) is 5.10 Å². The van der Waals surface area contributed by atoms with E-state index < -0.39 is 0 Å². The Hall–Kier alpha value is -2.71. The summed E-state index contributed by atoms with van der Waals surface area (Å²) in [6.07, 6.45) is 1.57. The van der Waals surface area contributed by atoms with E-state index in [1.54, 1.807) is 23.1 Å². The molecule has 0 fully saturated rings. The predicted molar refractivity (Wildman–Crippen MR) is 101 cm³/mol. The largest absolute Gasteiger partial charge is 0.461 e. The fourth-order valence-corrected chi connectivity index (χ4v) is 3.88. The van der Waals surface area contributed by atoms with Gasteiger partial charge in [-0.3, -0.25) is 0 Å². The fraction of sp³-hybridized carbons (Fsp3) is 0.118. The number of furan rings is 1. The summed E-state index contributed by atoms with van der Waals surface area (Å²) >= 11 is 7.99.